The molecule has 1 aromatic carbocycles. The third kappa shape index (κ3) is 1.38. The Morgan fingerprint density at radius 3 is 3.07 bits per heavy atom. The van der Waals surface area contributed by atoms with Crippen molar-refractivity contribution in [2.45, 2.75) is 6.42 Å². The quantitative estimate of drug-likeness (QED) is 0.728. The zero-order valence-electron chi connectivity index (χ0n) is 7.45. The van der Waals surface area contributed by atoms with Crippen molar-refractivity contribution in [3.05, 3.63) is 36.0 Å². The van der Waals surface area contributed by atoms with Gasteiger partial charge in [0.15, 0.2) is 5.78 Å². The van der Waals surface area contributed by atoms with E-state index in [-0.39, 0.29) is 12.2 Å². The van der Waals surface area contributed by atoms with Gasteiger partial charge in [0, 0.05) is 17.3 Å². The van der Waals surface area contributed by atoms with Crippen molar-refractivity contribution in [2.75, 3.05) is 0 Å². The predicted octanol–water partition coefficient (Wildman–Crippen LogP) is 2.26. The highest BCUT2D eigenvalue weighted by atomic mass is 16.1. The molecular weight excluding hydrogens is 176 g/mol. The smallest absolute Gasteiger partial charge is 0.176 e. The zero-order valence-corrected chi connectivity index (χ0v) is 7.45. The number of ketones is 1. The molecule has 14 heavy (non-hydrogen) atoms. The second kappa shape index (κ2) is 3.35. The molecule has 0 radical (unpaired) electrons. The minimum absolute atomic E-state index is 0.0633. The molecule has 0 aliphatic carbocycles. The molecule has 68 valence electrons. The molecule has 1 heterocycles. The number of aromatic nitrogens is 1. The lowest BCUT2D eigenvalue weighted by atomic mass is 10.1. The minimum atomic E-state index is -0.135. The van der Waals surface area contributed by atoms with E-state index in [2.05, 4.69) is 4.98 Å². The number of benzene rings is 1. The number of hydrogen-bond donors (Lipinski definition) is 1. The highest BCUT2D eigenvalue weighted by Gasteiger charge is 2.05. The summed E-state index contributed by atoms with van der Waals surface area (Å²) in [5.41, 5.74) is 1.51. The average molecular weight is 184 g/mol. The molecule has 0 fully saturated rings. The third-order valence-electron chi connectivity index (χ3n) is 2.12. The summed E-state index contributed by atoms with van der Waals surface area (Å²) in [6.45, 7) is 0. The standard InChI is InChI=1S/C11H8N2O/c12-5-3-11(14)9-2-1-8-4-6-13-10(8)7-9/h1-2,4,6-7,13H,3H2. The molecule has 0 amide bonds. The number of aromatic amines is 1. The average Bonchev–Trinajstić information content (AvgIpc) is 2.64. The maximum atomic E-state index is 11.4. The van der Waals surface area contributed by atoms with E-state index in [1.54, 1.807) is 12.1 Å². The van der Waals surface area contributed by atoms with Crippen molar-refractivity contribution in [1.82, 2.24) is 4.98 Å². The first-order chi connectivity index (χ1) is 6.81. The molecule has 3 nitrogen and oxygen atoms in total. The molecule has 2 rings (SSSR count). The van der Waals surface area contributed by atoms with Crippen molar-refractivity contribution in [1.29, 1.82) is 5.26 Å². The highest BCUT2D eigenvalue weighted by Crippen LogP contribution is 2.15. The van der Waals surface area contributed by atoms with E-state index in [0.717, 1.165) is 10.9 Å². The summed E-state index contributed by atoms with van der Waals surface area (Å²) in [4.78, 5) is 14.4. The van der Waals surface area contributed by atoms with Gasteiger partial charge in [0.05, 0.1) is 12.5 Å². The number of nitriles is 1. The molecule has 1 N–H and O–H groups in total. The van der Waals surface area contributed by atoms with Crippen molar-refractivity contribution in [3.63, 3.8) is 0 Å². The van der Waals surface area contributed by atoms with Crippen LogP contribution < -0.4 is 0 Å². The summed E-state index contributed by atoms with van der Waals surface area (Å²) in [6.07, 6.45) is 1.76. The van der Waals surface area contributed by atoms with Crippen molar-refractivity contribution >= 4 is 16.7 Å². The lowest BCUT2D eigenvalue weighted by molar-refractivity contribution is 0.0998. The molecule has 0 aliphatic heterocycles. The molecule has 0 spiro atoms. The Balaban J connectivity index is 2.44. The maximum Gasteiger partial charge on any atom is 0.176 e. The third-order valence-corrected chi connectivity index (χ3v) is 2.12. The van der Waals surface area contributed by atoms with Gasteiger partial charge < -0.3 is 4.98 Å². The summed E-state index contributed by atoms with van der Waals surface area (Å²) in [6, 6.07) is 9.18. The fourth-order valence-electron chi connectivity index (χ4n) is 1.40. The fourth-order valence-corrected chi connectivity index (χ4v) is 1.40. The monoisotopic (exact) mass is 184 g/mol. The van der Waals surface area contributed by atoms with Crippen LogP contribution in [0.2, 0.25) is 0 Å². The SMILES string of the molecule is N#CCC(=O)c1ccc2cc[nH]c2c1. The Hall–Kier alpha value is -2.08. The normalized spacial score (nSPS) is 9.93. The van der Waals surface area contributed by atoms with Gasteiger partial charge in [0.1, 0.15) is 0 Å². The van der Waals surface area contributed by atoms with Crippen LogP contribution in [0.15, 0.2) is 30.5 Å². The fraction of sp³-hybridized carbons (Fsp3) is 0.0909. The Labute approximate surface area is 81.0 Å². The van der Waals surface area contributed by atoms with Crippen LogP contribution in [0.1, 0.15) is 16.8 Å². The largest absolute Gasteiger partial charge is 0.361 e. The van der Waals surface area contributed by atoms with Gasteiger partial charge in [-0.3, -0.25) is 4.79 Å². The van der Waals surface area contributed by atoms with Gasteiger partial charge in [0.25, 0.3) is 0 Å². The number of fused-ring (bicyclic) bond motifs is 1. The molecule has 0 atom stereocenters. The van der Waals surface area contributed by atoms with E-state index in [1.807, 2.05) is 24.4 Å². The second-order valence-electron chi connectivity index (χ2n) is 3.04. The number of Topliss-reactive ketones (excluding diaryl/α,β-unsaturated/α-hetero) is 1. The van der Waals surface area contributed by atoms with E-state index < -0.39 is 0 Å². The number of H-pyrrole nitrogens is 1. The van der Waals surface area contributed by atoms with Crippen LogP contribution in [-0.2, 0) is 0 Å². The van der Waals surface area contributed by atoms with Gasteiger partial charge in [0.2, 0.25) is 0 Å². The van der Waals surface area contributed by atoms with E-state index >= 15 is 0 Å². The van der Waals surface area contributed by atoms with E-state index in [1.165, 1.54) is 0 Å². The van der Waals surface area contributed by atoms with Crippen molar-refractivity contribution in [3.8, 4) is 6.07 Å². The van der Waals surface area contributed by atoms with E-state index in [4.69, 9.17) is 5.26 Å². The lowest BCUT2D eigenvalue weighted by Crippen LogP contribution is -1.96. The molecule has 0 unspecified atom stereocenters. The predicted molar refractivity (Wildman–Crippen MR) is 52.9 cm³/mol. The molecule has 1 aromatic heterocycles. The molecule has 0 saturated heterocycles. The summed E-state index contributed by atoms with van der Waals surface area (Å²) in [7, 11) is 0. The zero-order chi connectivity index (χ0) is 9.97. The molecule has 0 aliphatic rings. The number of nitrogens with zero attached hydrogens (tertiary/aromatic N) is 1. The number of nitrogens with one attached hydrogen (secondary N) is 1. The second-order valence-corrected chi connectivity index (χ2v) is 3.04. The Bertz CT molecular complexity index is 519. The molecule has 2 aromatic rings. The number of hydrogen-bond acceptors (Lipinski definition) is 2. The first-order valence-corrected chi connectivity index (χ1v) is 4.28. The van der Waals surface area contributed by atoms with Crippen molar-refractivity contribution in [2.24, 2.45) is 0 Å². The molecule has 3 heteroatoms. The van der Waals surface area contributed by atoms with E-state index in [9.17, 15) is 4.79 Å². The van der Waals surface area contributed by atoms with Gasteiger partial charge in [-0.2, -0.15) is 5.26 Å². The lowest BCUT2D eigenvalue weighted by Gasteiger charge is -1.96. The van der Waals surface area contributed by atoms with Crippen LogP contribution in [-0.4, -0.2) is 10.8 Å². The van der Waals surface area contributed by atoms with Crippen LogP contribution >= 0.6 is 0 Å². The van der Waals surface area contributed by atoms with Gasteiger partial charge in [-0.05, 0) is 17.5 Å². The Kier molecular flexibility index (Phi) is 2.04. The highest BCUT2D eigenvalue weighted by molar-refractivity contribution is 6.00. The van der Waals surface area contributed by atoms with Crippen LogP contribution in [0.5, 0.6) is 0 Å². The minimum Gasteiger partial charge on any atom is -0.361 e. The Morgan fingerprint density at radius 2 is 2.29 bits per heavy atom. The van der Waals surface area contributed by atoms with Gasteiger partial charge >= 0.3 is 0 Å². The topological polar surface area (TPSA) is 56.6 Å². The number of rotatable bonds is 2. The number of carbonyl (C=O) groups excluding carboxylic acids is 1. The molecule has 0 saturated carbocycles. The van der Waals surface area contributed by atoms with Crippen LogP contribution in [0.4, 0.5) is 0 Å². The van der Waals surface area contributed by atoms with Crippen LogP contribution in [0.25, 0.3) is 10.9 Å². The Morgan fingerprint density at radius 1 is 1.43 bits per heavy atom. The van der Waals surface area contributed by atoms with Gasteiger partial charge in [-0.25, -0.2) is 0 Å². The molecular formula is C11H8N2O. The van der Waals surface area contributed by atoms with Gasteiger partial charge in [-0.1, -0.05) is 12.1 Å². The van der Waals surface area contributed by atoms with Gasteiger partial charge in [-0.15, -0.1) is 0 Å². The van der Waals surface area contributed by atoms with Crippen LogP contribution in [0.3, 0.4) is 0 Å². The van der Waals surface area contributed by atoms with Crippen LogP contribution in [0, 0.1) is 11.3 Å². The summed E-state index contributed by atoms with van der Waals surface area (Å²) in [5.74, 6) is -0.135. The first kappa shape index (κ1) is 8.52. The summed E-state index contributed by atoms with van der Waals surface area (Å²) < 4.78 is 0. The summed E-state index contributed by atoms with van der Waals surface area (Å²) >= 11 is 0. The maximum absolute atomic E-state index is 11.4. The number of carbonyl (C=O) groups is 1. The summed E-state index contributed by atoms with van der Waals surface area (Å²) in [5, 5.41) is 9.46. The molecule has 0 bridgehead atoms. The van der Waals surface area contributed by atoms with E-state index in [0.29, 0.717) is 5.56 Å². The first-order valence-electron chi connectivity index (χ1n) is 4.28. The van der Waals surface area contributed by atoms with Crippen molar-refractivity contribution < 1.29 is 4.79 Å².